The van der Waals surface area contributed by atoms with Crippen LogP contribution in [0.15, 0.2) is 43.0 Å². The molecule has 1 rings (SSSR count). The Balaban J connectivity index is 2.80. The van der Waals surface area contributed by atoms with Gasteiger partial charge in [-0.05, 0) is 0 Å². The molecule has 2 nitrogen and oxygen atoms in total. The lowest BCUT2D eigenvalue weighted by atomic mass is 10.1. The first-order valence-corrected chi connectivity index (χ1v) is 3.99. The maximum Gasteiger partial charge on any atom is 0.228 e. The zero-order chi connectivity index (χ0) is 9.68. The van der Waals surface area contributed by atoms with E-state index in [1.807, 2.05) is 0 Å². The van der Waals surface area contributed by atoms with E-state index >= 15 is 0 Å². The molecule has 0 atom stereocenters. The van der Waals surface area contributed by atoms with E-state index in [4.69, 9.17) is 0 Å². The fourth-order valence-corrected chi connectivity index (χ4v) is 0.974. The molecule has 0 spiro atoms. The highest BCUT2D eigenvalue weighted by molar-refractivity contribution is 6.43. The fourth-order valence-electron chi connectivity index (χ4n) is 0.974. The highest BCUT2D eigenvalue weighted by atomic mass is 16.2. The van der Waals surface area contributed by atoms with Gasteiger partial charge in [-0.15, -0.1) is 6.58 Å². The molecule has 0 radical (unpaired) electrons. The van der Waals surface area contributed by atoms with Crippen molar-refractivity contribution in [2.75, 3.05) is 0 Å². The van der Waals surface area contributed by atoms with Gasteiger partial charge in [0.15, 0.2) is 0 Å². The van der Waals surface area contributed by atoms with E-state index in [1.165, 1.54) is 6.08 Å². The fraction of sp³-hybridized carbons (Fsp3) is 0.0909. The molecule has 0 N–H and O–H groups in total. The number of ketones is 2. The summed E-state index contributed by atoms with van der Waals surface area (Å²) in [6, 6.07) is 8.52. The molecule has 2 heteroatoms. The Labute approximate surface area is 76.9 Å². The minimum Gasteiger partial charge on any atom is -0.290 e. The average molecular weight is 174 g/mol. The van der Waals surface area contributed by atoms with E-state index in [-0.39, 0.29) is 6.42 Å². The average Bonchev–Trinajstić information content (AvgIpc) is 2.18. The van der Waals surface area contributed by atoms with Gasteiger partial charge in [-0.1, -0.05) is 36.4 Å². The van der Waals surface area contributed by atoms with E-state index in [0.29, 0.717) is 5.56 Å². The zero-order valence-electron chi connectivity index (χ0n) is 7.19. The first-order chi connectivity index (χ1) is 6.25. The molecule has 0 aliphatic rings. The number of hydrogen-bond acceptors (Lipinski definition) is 2. The Bertz CT molecular complexity index is 325. The molecule has 0 amide bonds. The molecule has 13 heavy (non-hydrogen) atoms. The summed E-state index contributed by atoms with van der Waals surface area (Å²) >= 11 is 0. The Morgan fingerprint density at radius 2 is 1.85 bits per heavy atom. The normalized spacial score (nSPS) is 9.23. The predicted octanol–water partition coefficient (Wildman–Crippen LogP) is 2.01. The Morgan fingerprint density at radius 3 is 2.38 bits per heavy atom. The third-order valence-electron chi connectivity index (χ3n) is 1.62. The summed E-state index contributed by atoms with van der Waals surface area (Å²) in [5, 5.41) is 0. The van der Waals surface area contributed by atoms with Crippen molar-refractivity contribution < 1.29 is 9.59 Å². The van der Waals surface area contributed by atoms with Crippen molar-refractivity contribution in [3.8, 4) is 0 Å². The van der Waals surface area contributed by atoms with Crippen molar-refractivity contribution in [2.45, 2.75) is 6.42 Å². The summed E-state index contributed by atoms with van der Waals surface area (Å²) in [5.74, 6) is -0.860. The number of benzene rings is 1. The summed E-state index contributed by atoms with van der Waals surface area (Å²) in [5.41, 5.74) is 0.439. The SMILES string of the molecule is C=CCC(=O)C(=O)c1ccccc1. The van der Waals surface area contributed by atoms with Gasteiger partial charge in [-0.2, -0.15) is 0 Å². The lowest BCUT2D eigenvalue weighted by Crippen LogP contribution is -2.12. The van der Waals surface area contributed by atoms with Gasteiger partial charge in [0.2, 0.25) is 11.6 Å². The van der Waals surface area contributed by atoms with Gasteiger partial charge in [0.1, 0.15) is 0 Å². The van der Waals surface area contributed by atoms with Crippen molar-refractivity contribution in [1.29, 1.82) is 0 Å². The number of carbonyl (C=O) groups is 2. The Kier molecular flexibility index (Phi) is 3.15. The molecule has 1 aromatic carbocycles. The summed E-state index contributed by atoms with van der Waals surface area (Å²) in [6.45, 7) is 3.40. The topological polar surface area (TPSA) is 34.1 Å². The molecule has 0 aliphatic carbocycles. The monoisotopic (exact) mass is 174 g/mol. The molecule has 0 bridgehead atoms. The Hall–Kier alpha value is -1.70. The van der Waals surface area contributed by atoms with Crippen LogP contribution in [0.4, 0.5) is 0 Å². The number of Topliss-reactive ketones (excluding diaryl/α,β-unsaturated/α-hetero) is 2. The molecular formula is C11H10O2. The molecule has 0 heterocycles. The second-order valence-electron chi connectivity index (χ2n) is 2.61. The van der Waals surface area contributed by atoms with Crippen molar-refractivity contribution in [2.24, 2.45) is 0 Å². The summed E-state index contributed by atoms with van der Waals surface area (Å²) in [7, 11) is 0. The van der Waals surface area contributed by atoms with Gasteiger partial charge < -0.3 is 0 Å². The van der Waals surface area contributed by atoms with Crippen molar-refractivity contribution in [3.05, 3.63) is 48.6 Å². The van der Waals surface area contributed by atoms with E-state index in [0.717, 1.165) is 0 Å². The molecule has 0 aromatic heterocycles. The minimum atomic E-state index is -0.444. The number of rotatable bonds is 4. The van der Waals surface area contributed by atoms with Crippen LogP contribution in [-0.2, 0) is 4.79 Å². The van der Waals surface area contributed by atoms with Gasteiger partial charge in [0, 0.05) is 12.0 Å². The molecule has 0 saturated carbocycles. The van der Waals surface area contributed by atoms with E-state index in [2.05, 4.69) is 6.58 Å². The molecule has 66 valence electrons. The maximum atomic E-state index is 11.3. The molecular weight excluding hydrogens is 164 g/mol. The predicted molar refractivity (Wildman–Crippen MR) is 50.6 cm³/mol. The van der Waals surface area contributed by atoms with Crippen LogP contribution in [0, 0.1) is 0 Å². The maximum absolute atomic E-state index is 11.3. The first kappa shape index (κ1) is 9.39. The van der Waals surface area contributed by atoms with E-state index in [9.17, 15) is 9.59 Å². The van der Waals surface area contributed by atoms with Crippen LogP contribution < -0.4 is 0 Å². The third-order valence-corrected chi connectivity index (χ3v) is 1.62. The zero-order valence-corrected chi connectivity index (χ0v) is 7.19. The molecule has 0 unspecified atom stereocenters. The first-order valence-electron chi connectivity index (χ1n) is 3.99. The van der Waals surface area contributed by atoms with Crippen molar-refractivity contribution in [3.63, 3.8) is 0 Å². The van der Waals surface area contributed by atoms with Gasteiger partial charge in [-0.25, -0.2) is 0 Å². The number of hydrogen-bond donors (Lipinski definition) is 0. The second-order valence-corrected chi connectivity index (χ2v) is 2.61. The summed E-state index contributed by atoms with van der Waals surface area (Å²) in [4.78, 5) is 22.5. The highest BCUT2D eigenvalue weighted by Crippen LogP contribution is 2.02. The molecule has 1 aromatic rings. The van der Waals surface area contributed by atoms with E-state index < -0.39 is 11.6 Å². The van der Waals surface area contributed by atoms with Gasteiger partial charge >= 0.3 is 0 Å². The van der Waals surface area contributed by atoms with Crippen LogP contribution in [0.1, 0.15) is 16.8 Å². The summed E-state index contributed by atoms with van der Waals surface area (Å²) in [6.07, 6.45) is 1.54. The molecule has 0 aliphatic heterocycles. The van der Waals surface area contributed by atoms with Crippen LogP contribution in [0.3, 0.4) is 0 Å². The lowest BCUT2D eigenvalue weighted by molar-refractivity contribution is -0.114. The van der Waals surface area contributed by atoms with Crippen LogP contribution >= 0.6 is 0 Å². The summed E-state index contributed by atoms with van der Waals surface area (Å²) < 4.78 is 0. The molecule has 0 fully saturated rings. The van der Waals surface area contributed by atoms with E-state index in [1.54, 1.807) is 30.3 Å². The second kappa shape index (κ2) is 4.36. The number of carbonyl (C=O) groups excluding carboxylic acids is 2. The standard InChI is InChI=1S/C11H10O2/c1-2-6-10(12)11(13)9-7-4-3-5-8-9/h2-5,7-8H,1,6H2. The van der Waals surface area contributed by atoms with Crippen molar-refractivity contribution in [1.82, 2.24) is 0 Å². The lowest BCUT2D eigenvalue weighted by Gasteiger charge is -1.96. The minimum absolute atomic E-state index is 0.105. The molecule has 0 saturated heterocycles. The van der Waals surface area contributed by atoms with Crippen LogP contribution in [0.25, 0.3) is 0 Å². The third kappa shape index (κ3) is 2.37. The highest BCUT2D eigenvalue weighted by Gasteiger charge is 2.13. The Morgan fingerprint density at radius 1 is 1.23 bits per heavy atom. The van der Waals surface area contributed by atoms with Gasteiger partial charge in [0.25, 0.3) is 0 Å². The van der Waals surface area contributed by atoms with Gasteiger partial charge in [0.05, 0.1) is 0 Å². The van der Waals surface area contributed by atoms with Crippen molar-refractivity contribution >= 4 is 11.6 Å². The number of allylic oxidation sites excluding steroid dienone is 1. The van der Waals surface area contributed by atoms with Crippen LogP contribution in [-0.4, -0.2) is 11.6 Å². The van der Waals surface area contributed by atoms with Crippen LogP contribution in [0.5, 0.6) is 0 Å². The van der Waals surface area contributed by atoms with Gasteiger partial charge in [-0.3, -0.25) is 9.59 Å². The van der Waals surface area contributed by atoms with Crippen LogP contribution in [0.2, 0.25) is 0 Å². The quantitative estimate of drug-likeness (QED) is 0.397. The largest absolute Gasteiger partial charge is 0.290 e. The smallest absolute Gasteiger partial charge is 0.228 e.